The quantitative estimate of drug-likeness (QED) is 0.229. The van der Waals surface area contributed by atoms with Gasteiger partial charge in [0.05, 0.1) is 11.0 Å². The van der Waals surface area contributed by atoms with Gasteiger partial charge in [0.15, 0.2) is 0 Å². The summed E-state index contributed by atoms with van der Waals surface area (Å²) in [5.41, 5.74) is 11.7. The molecule has 194 valence electrons. The first kappa shape index (κ1) is 22.6. The first-order chi connectivity index (χ1) is 20.2. The molecule has 7 aromatic rings. The van der Waals surface area contributed by atoms with Crippen LogP contribution >= 0.6 is 0 Å². The molecule has 0 aliphatic heterocycles. The summed E-state index contributed by atoms with van der Waals surface area (Å²) in [7, 11) is 0. The number of fused-ring (bicyclic) bond motifs is 3. The number of rotatable bonds is 3. The van der Waals surface area contributed by atoms with Gasteiger partial charge in [0, 0.05) is 34.9 Å². The monoisotopic (exact) mass is 526 g/mol. The largest absolute Gasteiger partial charge is 0.457 e. The molecule has 3 aliphatic carbocycles. The van der Waals surface area contributed by atoms with E-state index in [0.717, 1.165) is 28.4 Å². The summed E-state index contributed by atoms with van der Waals surface area (Å²) in [6.07, 6.45) is 2.13. The molecule has 2 bridgehead atoms. The van der Waals surface area contributed by atoms with E-state index in [4.69, 9.17) is 9.72 Å². The molecule has 0 unspecified atom stereocenters. The zero-order chi connectivity index (χ0) is 27.1. The van der Waals surface area contributed by atoms with Crippen LogP contribution in [0, 0.1) is 6.92 Å². The normalized spacial score (nSPS) is 16.4. The summed E-state index contributed by atoms with van der Waals surface area (Å²) in [5.74, 6) is 3.01. The van der Waals surface area contributed by atoms with Crippen molar-refractivity contribution in [2.24, 2.45) is 0 Å². The molecular weight excluding hydrogens is 500 g/mol. The summed E-state index contributed by atoms with van der Waals surface area (Å²) >= 11 is 0. The number of nitrogens with zero attached hydrogens (tertiary/aromatic N) is 2. The van der Waals surface area contributed by atoms with Crippen LogP contribution in [0.15, 0.2) is 128 Å². The fourth-order valence-electron chi connectivity index (χ4n) is 7.24. The standard InChI is InChI=1S/C38H26N2O/c1-23-9-8-10-24(19-23)41-25-17-18-27-26-11-6-7-16-34(26)40(35(27)20-25)36-21-32-33(22-39-36)38-30-14-4-2-12-28(30)37(32)29-13-3-5-15-31(29)38/h2-22,37-38H,1H3. The second-order valence-electron chi connectivity index (χ2n) is 11.2. The lowest BCUT2D eigenvalue weighted by atomic mass is 9.61. The molecule has 0 atom stereocenters. The van der Waals surface area contributed by atoms with E-state index in [2.05, 4.69) is 127 Å². The van der Waals surface area contributed by atoms with Crippen LogP contribution in [0.4, 0.5) is 0 Å². The third-order valence-corrected chi connectivity index (χ3v) is 8.91. The average Bonchev–Trinajstić information content (AvgIpc) is 3.34. The van der Waals surface area contributed by atoms with E-state index in [1.165, 1.54) is 49.7 Å². The van der Waals surface area contributed by atoms with Crippen LogP contribution in [0.3, 0.4) is 0 Å². The molecule has 3 nitrogen and oxygen atoms in total. The van der Waals surface area contributed by atoms with Gasteiger partial charge >= 0.3 is 0 Å². The first-order valence-corrected chi connectivity index (χ1v) is 14.2. The zero-order valence-electron chi connectivity index (χ0n) is 22.6. The topological polar surface area (TPSA) is 27.1 Å². The number of aryl methyl sites for hydroxylation is 1. The fourth-order valence-corrected chi connectivity index (χ4v) is 7.24. The van der Waals surface area contributed by atoms with E-state index < -0.39 is 0 Å². The third kappa shape index (κ3) is 3.23. The van der Waals surface area contributed by atoms with E-state index in [0.29, 0.717) is 0 Å². The number of hydrogen-bond donors (Lipinski definition) is 0. The molecule has 2 aromatic heterocycles. The highest BCUT2D eigenvalue weighted by molar-refractivity contribution is 6.09. The lowest BCUT2D eigenvalue weighted by Crippen LogP contribution is -2.27. The molecule has 41 heavy (non-hydrogen) atoms. The van der Waals surface area contributed by atoms with Crippen LogP contribution < -0.4 is 4.74 Å². The van der Waals surface area contributed by atoms with Crippen molar-refractivity contribution in [3.8, 4) is 17.3 Å². The SMILES string of the molecule is Cc1cccc(Oc2ccc3c4ccccc4n(-c4cc5c(cn4)C4c6ccccc6C5c5ccccc54)c3c2)c1. The van der Waals surface area contributed by atoms with Crippen LogP contribution in [-0.4, -0.2) is 9.55 Å². The Bertz CT molecular complexity index is 2120. The van der Waals surface area contributed by atoms with Gasteiger partial charge in [-0.25, -0.2) is 4.98 Å². The summed E-state index contributed by atoms with van der Waals surface area (Å²) in [6, 6.07) is 43.4. The minimum absolute atomic E-state index is 0.206. The second-order valence-corrected chi connectivity index (χ2v) is 11.2. The van der Waals surface area contributed by atoms with Crippen LogP contribution in [-0.2, 0) is 0 Å². The van der Waals surface area contributed by atoms with Crippen LogP contribution in [0.25, 0.3) is 27.6 Å². The van der Waals surface area contributed by atoms with E-state index in [1.54, 1.807) is 0 Å². The number of aromatic nitrogens is 2. The minimum Gasteiger partial charge on any atom is -0.457 e. The summed E-state index contributed by atoms with van der Waals surface area (Å²) in [4.78, 5) is 5.15. The van der Waals surface area contributed by atoms with E-state index in [9.17, 15) is 0 Å². The highest BCUT2D eigenvalue weighted by Crippen LogP contribution is 2.55. The summed E-state index contributed by atoms with van der Waals surface area (Å²) in [5, 5.41) is 2.40. The Morgan fingerprint density at radius 1 is 0.537 bits per heavy atom. The number of benzene rings is 5. The number of para-hydroxylation sites is 1. The molecular formula is C38H26N2O. The van der Waals surface area contributed by atoms with Gasteiger partial charge in [0.2, 0.25) is 0 Å². The highest BCUT2D eigenvalue weighted by Gasteiger charge is 2.41. The Hall–Kier alpha value is -5.15. The second kappa shape index (κ2) is 8.42. The van der Waals surface area contributed by atoms with Gasteiger partial charge < -0.3 is 4.74 Å². The summed E-state index contributed by atoms with van der Waals surface area (Å²) < 4.78 is 8.63. The zero-order valence-corrected chi connectivity index (χ0v) is 22.6. The molecule has 5 aromatic carbocycles. The Labute approximate surface area is 238 Å². The Morgan fingerprint density at radius 2 is 1.17 bits per heavy atom. The maximum absolute atomic E-state index is 6.33. The van der Waals surface area contributed by atoms with Crippen molar-refractivity contribution < 1.29 is 4.74 Å². The van der Waals surface area contributed by atoms with Crippen LogP contribution in [0.1, 0.15) is 50.8 Å². The molecule has 3 aliphatic rings. The smallest absolute Gasteiger partial charge is 0.137 e. The minimum atomic E-state index is 0.206. The van der Waals surface area contributed by atoms with Gasteiger partial charge in [-0.15, -0.1) is 0 Å². The van der Waals surface area contributed by atoms with Gasteiger partial charge in [-0.1, -0.05) is 78.9 Å². The van der Waals surface area contributed by atoms with Crippen molar-refractivity contribution in [2.45, 2.75) is 18.8 Å². The van der Waals surface area contributed by atoms with Gasteiger partial charge in [-0.3, -0.25) is 4.57 Å². The first-order valence-electron chi connectivity index (χ1n) is 14.2. The molecule has 0 amide bonds. The van der Waals surface area contributed by atoms with Crippen molar-refractivity contribution in [3.05, 3.63) is 166 Å². The predicted octanol–water partition coefficient (Wildman–Crippen LogP) is 9.27. The Kier molecular flexibility index (Phi) is 4.65. The Balaban J connectivity index is 1.25. The molecule has 3 heteroatoms. The maximum atomic E-state index is 6.33. The lowest BCUT2D eigenvalue weighted by molar-refractivity contribution is 0.483. The van der Waals surface area contributed by atoms with Crippen molar-refractivity contribution >= 4 is 21.8 Å². The number of pyridine rings is 1. The lowest BCUT2D eigenvalue weighted by Gasteiger charge is -2.42. The summed E-state index contributed by atoms with van der Waals surface area (Å²) in [6.45, 7) is 2.08. The van der Waals surface area contributed by atoms with E-state index in [-0.39, 0.29) is 11.8 Å². The molecule has 0 saturated heterocycles. The molecule has 0 radical (unpaired) electrons. The molecule has 0 spiro atoms. The van der Waals surface area contributed by atoms with Gasteiger partial charge in [0.1, 0.15) is 17.3 Å². The van der Waals surface area contributed by atoms with Gasteiger partial charge in [-0.2, -0.15) is 0 Å². The van der Waals surface area contributed by atoms with E-state index in [1.807, 2.05) is 12.1 Å². The van der Waals surface area contributed by atoms with Crippen LogP contribution in [0.2, 0.25) is 0 Å². The number of hydrogen-bond acceptors (Lipinski definition) is 2. The van der Waals surface area contributed by atoms with Crippen molar-refractivity contribution in [2.75, 3.05) is 0 Å². The molecule has 10 rings (SSSR count). The van der Waals surface area contributed by atoms with Gasteiger partial charge in [0.25, 0.3) is 0 Å². The maximum Gasteiger partial charge on any atom is 0.137 e. The van der Waals surface area contributed by atoms with Gasteiger partial charge in [-0.05, 0) is 82.3 Å². The third-order valence-electron chi connectivity index (χ3n) is 8.91. The number of ether oxygens (including phenoxy) is 1. The molecule has 0 fully saturated rings. The average molecular weight is 527 g/mol. The van der Waals surface area contributed by atoms with Crippen LogP contribution in [0.5, 0.6) is 11.5 Å². The molecule has 0 saturated carbocycles. The van der Waals surface area contributed by atoms with Crippen molar-refractivity contribution in [3.63, 3.8) is 0 Å². The predicted molar refractivity (Wildman–Crippen MR) is 165 cm³/mol. The van der Waals surface area contributed by atoms with E-state index >= 15 is 0 Å². The van der Waals surface area contributed by atoms with Crippen molar-refractivity contribution in [1.82, 2.24) is 9.55 Å². The molecule has 2 heterocycles. The van der Waals surface area contributed by atoms with Crippen molar-refractivity contribution in [1.29, 1.82) is 0 Å². The highest BCUT2D eigenvalue weighted by atomic mass is 16.5. The Morgan fingerprint density at radius 3 is 1.90 bits per heavy atom. The fraction of sp³-hybridized carbons (Fsp3) is 0.0789. The molecule has 0 N–H and O–H groups in total.